The lowest BCUT2D eigenvalue weighted by molar-refractivity contribution is 0.0423. The van der Waals surface area contributed by atoms with E-state index in [4.69, 9.17) is 5.73 Å². The van der Waals surface area contributed by atoms with Crippen molar-refractivity contribution in [3.63, 3.8) is 0 Å². The maximum Gasteiger partial charge on any atom is 0.254 e. The van der Waals surface area contributed by atoms with E-state index >= 15 is 0 Å². The summed E-state index contributed by atoms with van der Waals surface area (Å²) in [6, 6.07) is 6.38. The van der Waals surface area contributed by atoms with Crippen molar-refractivity contribution in [2.24, 2.45) is 5.73 Å². The molecule has 1 aromatic rings. The van der Waals surface area contributed by atoms with Crippen LogP contribution in [0.15, 0.2) is 18.2 Å². The van der Waals surface area contributed by atoms with E-state index in [0.717, 1.165) is 56.6 Å². The number of thiol groups is 1. The van der Waals surface area contributed by atoms with Crippen molar-refractivity contribution < 1.29 is 4.79 Å². The average Bonchev–Trinajstić information content (AvgIpc) is 2.61. The number of hydrogen-bond donors (Lipinski definition) is 2. The summed E-state index contributed by atoms with van der Waals surface area (Å²) < 4.78 is 0. The van der Waals surface area contributed by atoms with Gasteiger partial charge in [0.1, 0.15) is 0 Å². The Hall–Kier alpha value is -1.04. The van der Waals surface area contributed by atoms with Crippen LogP contribution in [0.5, 0.6) is 0 Å². The second-order valence-corrected chi connectivity index (χ2v) is 7.61. The van der Waals surface area contributed by atoms with Gasteiger partial charge < -0.3 is 10.6 Å². The summed E-state index contributed by atoms with van der Waals surface area (Å²) >= 11 is 4.30. The Bertz CT molecular complexity index is 578. The molecule has 1 amide bonds. The molecule has 2 N–H and O–H groups in total. The highest BCUT2D eigenvalue weighted by atomic mass is 32.1. The number of unbranched alkanes of at least 4 members (excludes halogenated alkanes) is 1. The van der Waals surface area contributed by atoms with E-state index in [9.17, 15) is 4.79 Å². The van der Waals surface area contributed by atoms with Gasteiger partial charge in [-0.15, -0.1) is 0 Å². The molecule has 1 aromatic carbocycles. The molecule has 25 heavy (non-hydrogen) atoms. The van der Waals surface area contributed by atoms with Gasteiger partial charge in [0, 0.05) is 49.6 Å². The Labute approximate surface area is 158 Å². The number of hydrogen-bond acceptors (Lipinski definition) is 4. The molecule has 2 atom stereocenters. The van der Waals surface area contributed by atoms with Crippen molar-refractivity contribution in [2.75, 3.05) is 31.9 Å². The van der Waals surface area contributed by atoms with Crippen LogP contribution in [0.3, 0.4) is 0 Å². The lowest BCUT2D eigenvalue weighted by Gasteiger charge is -2.42. The number of rotatable bonds is 7. The molecule has 140 valence electrons. The molecule has 5 heteroatoms. The fraction of sp³-hybridized carbons (Fsp3) is 0.650. The molecular formula is C20H33N3OS. The van der Waals surface area contributed by atoms with Crippen molar-refractivity contribution in [2.45, 2.75) is 52.1 Å². The van der Waals surface area contributed by atoms with Crippen LogP contribution in [-0.2, 0) is 0 Å². The van der Waals surface area contributed by atoms with Crippen molar-refractivity contribution >= 4 is 18.5 Å². The summed E-state index contributed by atoms with van der Waals surface area (Å²) in [5.41, 5.74) is 9.20. The molecule has 2 rings (SSSR count). The predicted octanol–water partition coefficient (Wildman–Crippen LogP) is 2.88. The summed E-state index contributed by atoms with van der Waals surface area (Å²) in [6.45, 7) is 9.76. The van der Waals surface area contributed by atoms with E-state index in [1.807, 2.05) is 19.1 Å². The second kappa shape index (κ2) is 9.60. The van der Waals surface area contributed by atoms with E-state index in [2.05, 4.69) is 42.3 Å². The van der Waals surface area contributed by atoms with Crippen molar-refractivity contribution in [1.29, 1.82) is 0 Å². The standard InChI is InChI=1S/C20H33N3OS/c1-4-5-8-18-13-22(12-17(21)14-25)10-11-23(18)20(24)19-9-6-7-15(2)16(19)3/h6-7,9,17-18,25H,4-5,8,10-14,21H2,1-3H3. The van der Waals surface area contributed by atoms with Crippen LogP contribution in [0.25, 0.3) is 0 Å². The minimum Gasteiger partial charge on any atom is -0.333 e. The molecular weight excluding hydrogens is 330 g/mol. The monoisotopic (exact) mass is 363 g/mol. The van der Waals surface area contributed by atoms with Gasteiger partial charge >= 0.3 is 0 Å². The van der Waals surface area contributed by atoms with Gasteiger partial charge in [0.15, 0.2) is 0 Å². The minimum atomic E-state index is 0.0939. The van der Waals surface area contributed by atoms with Gasteiger partial charge in [0.05, 0.1) is 0 Å². The molecule has 2 unspecified atom stereocenters. The highest BCUT2D eigenvalue weighted by Crippen LogP contribution is 2.21. The fourth-order valence-electron chi connectivity index (χ4n) is 3.57. The number of piperazine rings is 1. The molecule has 1 fully saturated rings. The third-order valence-electron chi connectivity index (χ3n) is 5.28. The molecule has 1 aliphatic rings. The van der Waals surface area contributed by atoms with Crippen molar-refractivity contribution in [3.8, 4) is 0 Å². The van der Waals surface area contributed by atoms with E-state index in [1.54, 1.807) is 0 Å². The van der Waals surface area contributed by atoms with Crippen LogP contribution in [0.4, 0.5) is 0 Å². The Morgan fingerprint density at radius 1 is 1.36 bits per heavy atom. The van der Waals surface area contributed by atoms with Gasteiger partial charge in [-0.1, -0.05) is 31.9 Å². The highest BCUT2D eigenvalue weighted by molar-refractivity contribution is 7.80. The molecule has 0 radical (unpaired) electrons. The summed E-state index contributed by atoms with van der Waals surface area (Å²) in [5.74, 6) is 0.877. The van der Waals surface area contributed by atoms with Gasteiger partial charge in [0.2, 0.25) is 0 Å². The zero-order valence-corrected chi connectivity index (χ0v) is 16.8. The Kier molecular flexibility index (Phi) is 7.79. The van der Waals surface area contributed by atoms with Crippen LogP contribution in [0.2, 0.25) is 0 Å². The van der Waals surface area contributed by atoms with Gasteiger partial charge in [-0.3, -0.25) is 9.69 Å². The zero-order chi connectivity index (χ0) is 18.4. The quantitative estimate of drug-likeness (QED) is 0.733. The van der Waals surface area contributed by atoms with Crippen LogP contribution in [0, 0.1) is 13.8 Å². The minimum absolute atomic E-state index is 0.0939. The van der Waals surface area contributed by atoms with Gasteiger partial charge in [-0.05, 0) is 37.5 Å². The number of benzene rings is 1. The van der Waals surface area contributed by atoms with E-state index < -0.39 is 0 Å². The number of nitrogens with zero attached hydrogens (tertiary/aromatic N) is 2. The van der Waals surface area contributed by atoms with Crippen LogP contribution in [-0.4, -0.2) is 59.7 Å². The number of nitrogens with two attached hydrogens (primary N) is 1. The van der Waals surface area contributed by atoms with Crippen LogP contribution >= 0.6 is 12.6 Å². The normalized spacial score (nSPS) is 19.9. The Morgan fingerprint density at radius 3 is 2.80 bits per heavy atom. The molecule has 1 aliphatic heterocycles. The van der Waals surface area contributed by atoms with E-state index in [0.29, 0.717) is 5.75 Å². The maximum absolute atomic E-state index is 13.2. The van der Waals surface area contributed by atoms with Crippen LogP contribution < -0.4 is 5.73 Å². The first kappa shape index (κ1) is 20.3. The number of aryl methyl sites for hydroxylation is 1. The summed E-state index contributed by atoms with van der Waals surface area (Å²) in [7, 11) is 0. The average molecular weight is 364 g/mol. The first-order valence-corrected chi connectivity index (χ1v) is 10.1. The molecule has 1 heterocycles. The van der Waals surface area contributed by atoms with Crippen molar-refractivity contribution in [1.82, 2.24) is 9.80 Å². The maximum atomic E-state index is 13.2. The largest absolute Gasteiger partial charge is 0.333 e. The first-order valence-electron chi connectivity index (χ1n) is 9.43. The molecule has 1 saturated heterocycles. The zero-order valence-electron chi connectivity index (χ0n) is 15.9. The summed E-state index contributed by atoms with van der Waals surface area (Å²) in [4.78, 5) is 17.7. The highest BCUT2D eigenvalue weighted by Gasteiger charge is 2.31. The molecule has 0 saturated carbocycles. The SMILES string of the molecule is CCCCC1CN(CC(N)CS)CCN1C(=O)c1cccc(C)c1C. The second-order valence-electron chi connectivity index (χ2n) is 7.24. The van der Waals surface area contributed by atoms with Crippen molar-refractivity contribution in [3.05, 3.63) is 34.9 Å². The van der Waals surface area contributed by atoms with E-state index in [1.165, 1.54) is 5.56 Å². The molecule has 0 aromatic heterocycles. The van der Waals surface area contributed by atoms with Gasteiger partial charge in [-0.25, -0.2) is 0 Å². The van der Waals surface area contributed by atoms with Gasteiger partial charge in [-0.2, -0.15) is 12.6 Å². The smallest absolute Gasteiger partial charge is 0.254 e. The molecule has 4 nitrogen and oxygen atoms in total. The summed E-state index contributed by atoms with van der Waals surface area (Å²) in [5, 5.41) is 0. The molecule has 0 bridgehead atoms. The number of amides is 1. The number of carbonyl (C=O) groups is 1. The van der Waals surface area contributed by atoms with E-state index in [-0.39, 0.29) is 18.0 Å². The predicted molar refractivity (Wildman–Crippen MR) is 109 cm³/mol. The lowest BCUT2D eigenvalue weighted by atomic mass is 9.99. The molecule has 0 spiro atoms. The topological polar surface area (TPSA) is 49.6 Å². The Morgan fingerprint density at radius 2 is 2.12 bits per heavy atom. The number of carbonyl (C=O) groups excluding carboxylic acids is 1. The lowest BCUT2D eigenvalue weighted by Crippen LogP contribution is -2.57. The van der Waals surface area contributed by atoms with Crippen LogP contribution in [0.1, 0.15) is 47.7 Å². The summed E-state index contributed by atoms with van der Waals surface area (Å²) in [6.07, 6.45) is 3.35. The third kappa shape index (κ3) is 5.22. The van der Waals surface area contributed by atoms with Gasteiger partial charge in [0.25, 0.3) is 5.91 Å². The molecule has 0 aliphatic carbocycles. The first-order chi connectivity index (χ1) is 12.0. The fourth-order valence-corrected chi connectivity index (χ4v) is 3.68. The third-order valence-corrected chi connectivity index (χ3v) is 5.75. The Balaban J connectivity index is 2.14.